The third-order valence-electron chi connectivity index (χ3n) is 4.40. The molecule has 1 aliphatic heterocycles. The molecule has 106 valence electrons. The number of fused-ring (bicyclic) bond motifs is 1. The van der Waals surface area contributed by atoms with E-state index in [2.05, 4.69) is 4.74 Å². The van der Waals surface area contributed by atoms with Crippen LogP contribution in [0.4, 0.5) is 0 Å². The summed E-state index contributed by atoms with van der Waals surface area (Å²) in [4.78, 5) is 36.8. The average molecular weight is 268 g/mol. The number of piperidine rings is 1. The Morgan fingerprint density at radius 1 is 1.37 bits per heavy atom. The summed E-state index contributed by atoms with van der Waals surface area (Å²) in [5.74, 6) is -1.21. The van der Waals surface area contributed by atoms with E-state index in [0.29, 0.717) is 0 Å². The van der Waals surface area contributed by atoms with Gasteiger partial charge in [-0.1, -0.05) is 13.8 Å². The van der Waals surface area contributed by atoms with Crippen LogP contribution in [0.2, 0.25) is 0 Å². The number of carbonyl (C=O) groups excluding carboxylic acids is 3. The zero-order valence-corrected chi connectivity index (χ0v) is 11.7. The molecule has 6 nitrogen and oxygen atoms in total. The normalized spacial score (nSPS) is 30.9. The summed E-state index contributed by atoms with van der Waals surface area (Å²) in [6.07, 6.45) is 0.205. The fraction of sp³-hybridized carbons (Fsp3) is 0.769. The first-order chi connectivity index (χ1) is 8.64. The Labute approximate surface area is 112 Å². The van der Waals surface area contributed by atoms with Gasteiger partial charge in [0.2, 0.25) is 11.8 Å². The molecule has 1 heterocycles. The number of carbonyl (C=O) groups is 3. The zero-order chi connectivity index (χ0) is 14.6. The maximum absolute atomic E-state index is 12.1. The fourth-order valence-corrected chi connectivity index (χ4v) is 2.90. The molecule has 6 heteroatoms. The Balaban J connectivity index is 1.98. The third-order valence-corrected chi connectivity index (χ3v) is 4.40. The van der Waals surface area contributed by atoms with Crippen molar-refractivity contribution in [2.45, 2.75) is 32.7 Å². The summed E-state index contributed by atoms with van der Waals surface area (Å²) in [7, 11) is 1.26. The minimum atomic E-state index is -1.18. The number of ether oxygens (including phenoxy) is 1. The average Bonchev–Trinajstić information content (AvgIpc) is 2.78. The molecule has 2 aliphatic rings. The van der Waals surface area contributed by atoms with Crippen LogP contribution in [0.5, 0.6) is 0 Å². The van der Waals surface area contributed by atoms with E-state index in [4.69, 9.17) is 5.73 Å². The van der Waals surface area contributed by atoms with Crippen molar-refractivity contribution >= 4 is 17.8 Å². The van der Waals surface area contributed by atoms with Gasteiger partial charge in [0.1, 0.15) is 5.54 Å². The predicted molar refractivity (Wildman–Crippen MR) is 66.7 cm³/mol. The quantitative estimate of drug-likeness (QED) is 0.568. The highest BCUT2D eigenvalue weighted by molar-refractivity contribution is 6.10. The second-order valence-electron chi connectivity index (χ2n) is 6.26. The number of amides is 2. The lowest BCUT2D eigenvalue weighted by Gasteiger charge is -2.26. The summed E-state index contributed by atoms with van der Waals surface area (Å²) in [6.45, 7) is 5.56. The molecule has 0 spiro atoms. The van der Waals surface area contributed by atoms with Gasteiger partial charge >= 0.3 is 5.97 Å². The second kappa shape index (κ2) is 4.03. The molecule has 2 fully saturated rings. The summed E-state index contributed by atoms with van der Waals surface area (Å²) in [5, 5.41) is 0. The largest absolute Gasteiger partial charge is 0.468 e. The summed E-state index contributed by atoms with van der Waals surface area (Å²) in [5.41, 5.74) is 4.42. The number of hydrogen-bond donors (Lipinski definition) is 1. The minimum Gasteiger partial charge on any atom is -0.468 e. The highest BCUT2D eigenvalue weighted by atomic mass is 16.5. The molecule has 0 aromatic heterocycles. The highest BCUT2D eigenvalue weighted by Gasteiger charge is 2.72. The van der Waals surface area contributed by atoms with Gasteiger partial charge in [-0.15, -0.1) is 0 Å². The molecular weight excluding hydrogens is 248 g/mol. The van der Waals surface area contributed by atoms with Crippen molar-refractivity contribution in [2.75, 3.05) is 13.7 Å². The van der Waals surface area contributed by atoms with Crippen LogP contribution < -0.4 is 5.73 Å². The van der Waals surface area contributed by atoms with E-state index in [1.54, 1.807) is 0 Å². The monoisotopic (exact) mass is 268 g/mol. The van der Waals surface area contributed by atoms with E-state index in [0.717, 1.165) is 0 Å². The number of nitrogens with zero attached hydrogens (tertiary/aromatic N) is 1. The summed E-state index contributed by atoms with van der Waals surface area (Å²) >= 11 is 0. The number of likely N-dealkylation sites (tertiary alicyclic amines) is 1. The molecule has 2 amide bonds. The predicted octanol–water partition coefficient (Wildman–Crippen LogP) is -0.0921. The van der Waals surface area contributed by atoms with Crippen LogP contribution in [-0.2, 0) is 19.1 Å². The first-order valence-corrected chi connectivity index (χ1v) is 6.37. The molecule has 0 aromatic rings. The van der Waals surface area contributed by atoms with E-state index >= 15 is 0 Å². The lowest BCUT2D eigenvalue weighted by atomic mass is 9.98. The lowest BCUT2D eigenvalue weighted by molar-refractivity contribution is -0.149. The molecule has 3 unspecified atom stereocenters. The van der Waals surface area contributed by atoms with Gasteiger partial charge in [-0.05, 0) is 18.8 Å². The van der Waals surface area contributed by atoms with E-state index in [9.17, 15) is 14.4 Å². The van der Waals surface area contributed by atoms with Crippen LogP contribution in [0.25, 0.3) is 0 Å². The van der Waals surface area contributed by atoms with Crippen LogP contribution in [0.1, 0.15) is 27.2 Å². The molecule has 1 saturated heterocycles. The van der Waals surface area contributed by atoms with Crippen molar-refractivity contribution in [2.24, 2.45) is 23.0 Å². The van der Waals surface area contributed by atoms with Gasteiger partial charge in [-0.2, -0.15) is 0 Å². The SMILES string of the molecule is COC(=O)C(C)(N)CCN1C(=O)C2C(C1=O)C2(C)C. The standard InChI is InChI=1S/C13H20N2O4/c1-12(2)7-8(12)10(17)15(9(7)16)6-5-13(3,14)11(18)19-4/h7-8H,5-6,14H2,1-4H3. The van der Waals surface area contributed by atoms with Gasteiger partial charge in [0.05, 0.1) is 18.9 Å². The first kappa shape index (κ1) is 14.0. The van der Waals surface area contributed by atoms with Crippen LogP contribution in [0.3, 0.4) is 0 Å². The Morgan fingerprint density at radius 3 is 2.26 bits per heavy atom. The van der Waals surface area contributed by atoms with Crippen molar-refractivity contribution in [3.8, 4) is 0 Å². The Bertz CT molecular complexity index is 432. The minimum absolute atomic E-state index is 0.138. The van der Waals surface area contributed by atoms with Crippen LogP contribution in [-0.4, -0.2) is 41.9 Å². The fourth-order valence-electron chi connectivity index (χ4n) is 2.90. The van der Waals surface area contributed by atoms with Crippen LogP contribution in [0, 0.1) is 17.3 Å². The molecule has 3 atom stereocenters. The van der Waals surface area contributed by atoms with Crippen molar-refractivity contribution in [1.82, 2.24) is 4.90 Å². The van der Waals surface area contributed by atoms with E-state index in [-0.39, 0.29) is 42.0 Å². The van der Waals surface area contributed by atoms with Gasteiger partial charge in [-0.25, -0.2) is 0 Å². The third kappa shape index (κ3) is 1.94. The maximum Gasteiger partial charge on any atom is 0.325 e. The Kier molecular flexibility index (Phi) is 2.97. The van der Waals surface area contributed by atoms with Gasteiger partial charge in [0.25, 0.3) is 0 Å². The van der Waals surface area contributed by atoms with Crippen molar-refractivity contribution in [3.05, 3.63) is 0 Å². The molecule has 19 heavy (non-hydrogen) atoms. The number of hydrogen-bond acceptors (Lipinski definition) is 5. The smallest absolute Gasteiger partial charge is 0.325 e. The first-order valence-electron chi connectivity index (χ1n) is 6.37. The number of nitrogens with two attached hydrogens (primary N) is 1. The van der Waals surface area contributed by atoms with E-state index < -0.39 is 11.5 Å². The molecule has 0 bridgehead atoms. The van der Waals surface area contributed by atoms with Gasteiger partial charge < -0.3 is 10.5 Å². The van der Waals surface area contributed by atoms with Crippen molar-refractivity contribution < 1.29 is 19.1 Å². The molecule has 1 saturated carbocycles. The zero-order valence-electron chi connectivity index (χ0n) is 11.7. The number of methoxy groups -OCH3 is 1. The highest BCUT2D eigenvalue weighted by Crippen LogP contribution is 2.63. The lowest BCUT2D eigenvalue weighted by Crippen LogP contribution is -2.49. The molecule has 2 N–H and O–H groups in total. The van der Waals surface area contributed by atoms with E-state index in [1.807, 2.05) is 13.8 Å². The number of rotatable bonds is 4. The van der Waals surface area contributed by atoms with Crippen molar-refractivity contribution in [1.29, 1.82) is 0 Å². The van der Waals surface area contributed by atoms with Crippen molar-refractivity contribution in [3.63, 3.8) is 0 Å². The number of esters is 1. The number of imide groups is 1. The topological polar surface area (TPSA) is 89.7 Å². The molecule has 2 rings (SSSR count). The van der Waals surface area contributed by atoms with Gasteiger partial charge in [0, 0.05) is 6.54 Å². The Morgan fingerprint density at radius 2 is 1.84 bits per heavy atom. The van der Waals surface area contributed by atoms with Gasteiger partial charge in [-0.3, -0.25) is 19.3 Å². The summed E-state index contributed by atoms with van der Waals surface area (Å²) in [6, 6.07) is 0. The maximum atomic E-state index is 12.1. The molecule has 0 aromatic carbocycles. The summed E-state index contributed by atoms with van der Waals surface area (Å²) < 4.78 is 4.59. The van der Waals surface area contributed by atoms with Crippen LogP contribution in [0.15, 0.2) is 0 Å². The molecule has 1 aliphatic carbocycles. The van der Waals surface area contributed by atoms with E-state index in [1.165, 1.54) is 18.9 Å². The second-order valence-corrected chi connectivity index (χ2v) is 6.26. The van der Waals surface area contributed by atoms with Gasteiger partial charge in [0.15, 0.2) is 0 Å². The molecule has 0 radical (unpaired) electrons. The van der Waals surface area contributed by atoms with Crippen LogP contribution >= 0.6 is 0 Å². The molecular formula is C13H20N2O4. The Hall–Kier alpha value is -1.43.